The van der Waals surface area contributed by atoms with Gasteiger partial charge in [-0.25, -0.2) is 8.78 Å². The van der Waals surface area contributed by atoms with Crippen LogP contribution in [0.4, 0.5) is 33.7 Å². The van der Waals surface area contributed by atoms with Crippen molar-refractivity contribution in [1.29, 1.82) is 0 Å². The lowest BCUT2D eigenvalue weighted by Crippen LogP contribution is -2.19. The SMILES string of the molecule is O=C(Nc1cc(F)c(OC2CC3CC3C2)c(F)c1)c1nc(N2Cc3conc3C2)oc1CC(F)(F)F. The van der Waals surface area contributed by atoms with Crippen LogP contribution in [0.3, 0.4) is 0 Å². The molecule has 0 radical (unpaired) electrons. The Hall–Kier alpha value is -3.64. The van der Waals surface area contributed by atoms with Gasteiger partial charge < -0.3 is 23.9 Å². The van der Waals surface area contributed by atoms with Crippen LogP contribution >= 0.6 is 0 Å². The molecule has 13 heteroatoms. The van der Waals surface area contributed by atoms with E-state index in [-0.39, 0.29) is 30.9 Å². The van der Waals surface area contributed by atoms with Crippen molar-refractivity contribution in [2.24, 2.45) is 11.8 Å². The fourth-order valence-electron chi connectivity index (χ4n) is 4.93. The second-order valence-corrected chi connectivity index (χ2v) is 9.39. The van der Waals surface area contributed by atoms with Crippen LogP contribution in [0.2, 0.25) is 0 Å². The highest BCUT2D eigenvalue weighted by Gasteiger charge is 2.47. The number of halogens is 5. The third-order valence-electron chi connectivity index (χ3n) is 6.70. The Bertz CT molecular complexity index is 1280. The fraction of sp³-hybridized carbons (Fsp3) is 0.435. The van der Waals surface area contributed by atoms with E-state index in [0.717, 1.165) is 31.4 Å². The Morgan fingerprint density at radius 1 is 1.14 bits per heavy atom. The van der Waals surface area contributed by atoms with Crippen molar-refractivity contribution in [2.45, 2.75) is 51.1 Å². The monoisotopic (exact) mass is 510 g/mol. The number of rotatable bonds is 6. The molecule has 2 saturated carbocycles. The molecule has 2 fully saturated rings. The summed E-state index contributed by atoms with van der Waals surface area (Å²) >= 11 is 0. The summed E-state index contributed by atoms with van der Waals surface area (Å²) in [5.74, 6) is -3.31. The van der Waals surface area contributed by atoms with E-state index in [1.807, 2.05) is 0 Å². The maximum Gasteiger partial charge on any atom is 0.396 e. The second kappa shape index (κ2) is 8.20. The summed E-state index contributed by atoms with van der Waals surface area (Å²) in [5, 5.41) is 5.99. The van der Waals surface area contributed by atoms with Crippen LogP contribution < -0.4 is 15.0 Å². The molecule has 36 heavy (non-hydrogen) atoms. The molecule has 6 rings (SSSR count). The average molecular weight is 510 g/mol. The van der Waals surface area contributed by atoms with Gasteiger partial charge in [0.05, 0.1) is 19.2 Å². The number of benzene rings is 1. The van der Waals surface area contributed by atoms with Gasteiger partial charge in [0.1, 0.15) is 24.1 Å². The van der Waals surface area contributed by atoms with Gasteiger partial charge in [0.15, 0.2) is 23.1 Å². The van der Waals surface area contributed by atoms with Crippen LogP contribution in [0, 0.1) is 23.5 Å². The average Bonchev–Trinajstić information content (AvgIpc) is 3.22. The molecule has 8 nitrogen and oxygen atoms in total. The number of anilines is 2. The summed E-state index contributed by atoms with van der Waals surface area (Å²) in [6.45, 7) is 0.380. The van der Waals surface area contributed by atoms with Gasteiger partial charge >= 0.3 is 6.18 Å². The summed E-state index contributed by atoms with van der Waals surface area (Å²) in [7, 11) is 0. The Morgan fingerprint density at radius 2 is 1.86 bits per heavy atom. The molecule has 1 aromatic carbocycles. The molecule has 3 heterocycles. The van der Waals surface area contributed by atoms with Gasteiger partial charge in [-0.2, -0.15) is 18.2 Å². The van der Waals surface area contributed by atoms with Crippen molar-refractivity contribution >= 4 is 17.6 Å². The first-order valence-electron chi connectivity index (χ1n) is 11.3. The standard InChI is InChI=1S/C23H19F5N4O4/c24-15-4-13(5-16(25)20(15)35-14-2-10-1-11(10)3-14)29-21(33)19-18(6-23(26,27)28)36-22(30-19)32-7-12-9-34-31-17(12)8-32/h4-5,9-11,14H,1-3,6-8H2,(H,29,33). The molecule has 2 aromatic heterocycles. The Labute approximate surface area is 200 Å². The lowest BCUT2D eigenvalue weighted by atomic mass is 10.2. The van der Waals surface area contributed by atoms with Crippen molar-refractivity contribution in [3.8, 4) is 5.75 Å². The molecule has 0 bridgehead atoms. The molecule has 0 spiro atoms. The number of carbonyl (C=O) groups is 1. The van der Waals surface area contributed by atoms with E-state index in [1.54, 1.807) is 0 Å². The lowest BCUT2D eigenvalue weighted by molar-refractivity contribution is -0.130. The number of hydrogen-bond donors (Lipinski definition) is 1. The van der Waals surface area contributed by atoms with E-state index in [9.17, 15) is 26.7 Å². The number of oxazole rings is 1. The van der Waals surface area contributed by atoms with Crippen molar-refractivity contribution < 1.29 is 40.4 Å². The van der Waals surface area contributed by atoms with Gasteiger partial charge in [-0.05, 0) is 31.1 Å². The normalized spacial score (nSPS) is 22.5. The summed E-state index contributed by atoms with van der Waals surface area (Å²) in [6, 6.07) is 1.49. The Balaban J connectivity index is 1.21. The number of fused-ring (bicyclic) bond motifs is 2. The van der Waals surface area contributed by atoms with Gasteiger partial charge in [-0.15, -0.1) is 0 Å². The molecule has 1 amide bonds. The minimum absolute atomic E-state index is 0.166. The zero-order valence-electron chi connectivity index (χ0n) is 18.6. The lowest BCUT2D eigenvalue weighted by Gasteiger charge is -2.17. The van der Waals surface area contributed by atoms with Crippen molar-refractivity contribution in [3.05, 3.63) is 52.7 Å². The predicted octanol–water partition coefficient (Wildman–Crippen LogP) is 5.00. The number of ether oxygens (including phenoxy) is 1. The molecule has 2 atom stereocenters. The molecule has 2 unspecified atom stereocenters. The number of nitrogens with zero attached hydrogens (tertiary/aromatic N) is 3. The maximum absolute atomic E-state index is 14.6. The molecule has 3 aliphatic rings. The van der Waals surface area contributed by atoms with Crippen LogP contribution in [0.5, 0.6) is 5.75 Å². The highest BCUT2D eigenvalue weighted by Crippen LogP contribution is 2.52. The molecule has 3 aromatic rings. The molecule has 1 N–H and O–H groups in total. The van der Waals surface area contributed by atoms with Gasteiger partial charge in [0.25, 0.3) is 11.9 Å². The van der Waals surface area contributed by atoms with E-state index < -0.39 is 47.3 Å². The zero-order chi connectivity index (χ0) is 25.2. The minimum atomic E-state index is -4.69. The fourth-order valence-corrected chi connectivity index (χ4v) is 4.93. The Kier molecular flexibility index (Phi) is 5.20. The summed E-state index contributed by atoms with van der Waals surface area (Å²) in [6.07, 6.45) is -2.51. The Morgan fingerprint density at radius 3 is 2.53 bits per heavy atom. The number of alkyl halides is 3. The van der Waals surface area contributed by atoms with Gasteiger partial charge in [-0.1, -0.05) is 5.16 Å². The topological polar surface area (TPSA) is 93.6 Å². The first-order valence-corrected chi connectivity index (χ1v) is 11.3. The molecular formula is C23H19F5N4O4. The predicted molar refractivity (Wildman–Crippen MR) is 112 cm³/mol. The van der Waals surface area contributed by atoms with E-state index in [4.69, 9.17) is 13.7 Å². The summed E-state index contributed by atoms with van der Waals surface area (Å²) in [4.78, 5) is 18.3. The third kappa shape index (κ3) is 4.37. The van der Waals surface area contributed by atoms with E-state index in [0.29, 0.717) is 23.1 Å². The number of aromatic nitrogens is 2. The van der Waals surface area contributed by atoms with Crippen LogP contribution in [0.25, 0.3) is 0 Å². The highest BCUT2D eigenvalue weighted by molar-refractivity contribution is 6.03. The number of nitrogens with one attached hydrogen (secondary N) is 1. The molecule has 0 saturated heterocycles. The van der Waals surface area contributed by atoms with E-state index >= 15 is 0 Å². The van der Waals surface area contributed by atoms with Gasteiger partial charge in [0.2, 0.25) is 0 Å². The quantitative estimate of drug-likeness (QED) is 0.467. The minimum Gasteiger partial charge on any atom is -0.484 e. The number of hydrogen-bond acceptors (Lipinski definition) is 7. The molecule has 1 aliphatic heterocycles. The van der Waals surface area contributed by atoms with E-state index in [2.05, 4.69) is 15.5 Å². The maximum atomic E-state index is 14.6. The number of carbonyl (C=O) groups excluding carboxylic acids is 1. The van der Waals surface area contributed by atoms with Crippen molar-refractivity contribution in [2.75, 3.05) is 10.2 Å². The van der Waals surface area contributed by atoms with Crippen LogP contribution in [-0.4, -0.2) is 28.3 Å². The molecule has 190 valence electrons. The zero-order valence-corrected chi connectivity index (χ0v) is 18.6. The van der Waals surface area contributed by atoms with Gasteiger partial charge in [-0.3, -0.25) is 4.79 Å². The smallest absolute Gasteiger partial charge is 0.396 e. The van der Waals surface area contributed by atoms with Crippen molar-refractivity contribution in [1.82, 2.24) is 10.1 Å². The van der Waals surface area contributed by atoms with Crippen LogP contribution in [0.15, 0.2) is 27.3 Å². The van der Waals surface area contributed by atoms with Crippen molar-refractivity contribution in [3.63, 3.8) is 0 Å². The summed E-state index contributed by atoms with van der Waals surface area (Å²) in [5.41, 5.74) is 0.336. The first kappa shape index (κ1) is 22.8. The van der Waals surface area contributed by atoms with Crippen LogP contribution in [-0.2, 0) is 19.5 Å². The van der Waals surface area contributed by atoms with E-state index in [1.165, 1.54) is 11.2 Å². The van der Waals surface area contributed by atoms with Crippen LogP contribution in [0.1, 0.15) is 46.8 Å². The largest absolute Gasteiger partial charge is 0.484 e. The third-order valence-corrected chi connectivity index (χ3v) is 6.70. The number of amides is 1. The first-order chi connectivity index (χ1) is 17.1. The second-order valence-electron chi connectivity index (χ2n) is 9.39. The molecular weight excluding hydrogens is 491 g/mol. The molecule has 2 aliphatic carbocycles. The van der Waals surface area contributed by atoms with Gasteiger partial charge in [0, 0.05) is 23.4 Å². The highest BCUT2D eigenvalue weighted by atomic mass is 19.4. The summed E-state index contributed by atoms with van der Waals surface area (Å²) < 4.78 is 84.3.